The average molecular weight is 198 g/mol. The average Bonchev–Trinajstić information content (AvgIpc) is 2.55. The van der Waals surface area contributed by atoms with Crippen molar-refractivity contribution in [2.24, 2.45) is 5.73 Å². The highest BCUT2D eigenvalue weighted by atomic mass is 32.1. The number of carbonyl (C=O) groups is 1. The fourth-order valence-corrected chi connectivity index (χ4v) is 1.81. The minimum atomic E-state index is -0.258. The number of nitrogens with one attached hydrogen (secondary N) is 1. The standard InChI is InChI=1S/C9H14N2OS/c1-7(8-3-2-6-13-8)11-5-4-9(10)12/h2-3,6-7,11H,4-5H2,1H3,(H2,10,12)/t7-/m1/s1. The second kappa shape index (κ2) is 4.99. The lowest BCUT2D eigenvalue weighted by Crippen LogP contribution is -2.24. The molecular weight excluding hydrogens is 184 g/mol. The third kappa shape index (κ3) is 3.57. The van der Waals surface area contributed by atoms with Crippen molar-refractivity contribution in [2.45, 2.75) is 19.4 Å². The minimum absolute atomic E-state index is 0.258. The number of carbonyl (C=O) groups excluding carboxylic acids is 1. The summed E-state index contributed by atoms with van der Waals surface area (Å²) in [5.74, 6) is -0.258. The van der Waals surface area contributed by atoms with Crippen molar-refractivity contribution in [3.8, 4) is 0 Å². The number of rotatable bonds is 5. The molecule has 1 rings (SSSR count). The molecule has 0 bridgehead atoms. The zero-order valence-corrected chi connectivity index (χ0v) is 8.43. The van der Waals surface area contributed by atoms with Crippen molar-refractivity contribution >= 4 is 17.2 Å². The van der Waals surface area contributed by atoms with E-state index in [2.05, 4.69) is 18.3 Å². The first-order chi connectivity index (χ1) is 6.20. The lowest BCUT2D eigenvalue weighted by Gasteiger charge is -2.10. The van der Waals surface area contributed by atoms with Gasteiger partial charge < -0.3 is 11.1 Å². The van der Waals surface area contributed by atoms with Crippen molar-refractivity contribution < 1.29 is 4.79 Å². The fraction of sp³-hybridized carbons (Fsp3) is 0.444. The molecule has 1 aromatic heterocycles. The Labute approximate surface area is 81.9 Å². The van der Waals surface area contributed by atoms with Crippen LogP contribution in [0.5, 0.6) is 0 Å². The number of thiophene rings is 1. The first kappa shape index (κ1) is 10.2. The molecule has 0 aromatic carbocycles. The Morgan fingerprint density at radius 3 is 3.08 bits per heavy atom. The van der Waals surface area contributed by atoms with Gasteiger partial charge in [-0.05, 0) is 18.4 Å². The van der Waals surface area contributed by atoms with E-state index in [9.17, 15) is 4.79 Å². The van der Waals surface area contributed by atoms with Crippen LogP contribution < -0.4 is 11.1 Å². The van der Waals surface area contributed by atoms with Gasteiger partial charge in [0.05, 0.1) is 0 Å². The van der Waals surface area contributed by atoms with Crippen LogP contribution in [-0.2, 0) is 4.79 Å². The molecule has 1 aromatic rings. The van der Waals surface area contributed by atoms with Crippen molar-refractivity contribution in [1.82, 2.24) is 5.32 Å². The third-order valence-electron chi connectivity index (χ3n) is 1.79. The minimum Gasteiger partial charge on any atom is -0.370 e. The van der Waals surface area contributed by atoms with E-state index >= 15 is 0 Å². The maximum Gasteiger partial charge on any atom is 0.218 e. The van der Waals surface area contributed by atoms with E-state index in [4.69, 9.17) is 5.73 Å². The summed E-state index contributed by atoms with van der Waals surface area (Å²) in [7, 11) is 0. The van der Waals surface area contributed by atoms with Gasteiger partial charge in [0, 0.05) is 23.9 Å². The highest BCUT2D eigenvalue weighted by Crippen LogP contribution is 2.17. The van der Waals surface area contributed by atoms with E-state index in [1.165, 1.54) is 4.88 Å². The zero-order chi connectivity index (χ0) is 9.68. The molecule has 0 aliphatic heterocycles. The van der Waals surface area contributed by atoms with Gasteiger partial charge in [-0.25, -0.2) is 0 Å². The van der Waals surface area contributed by atoms with Crippen LogP contribution in [0.15, 0.2) is 17.5 Å². The summed E-state index contributed by atoms with van der Waals surface area (Å²) in [5, 5.41) is 5.27. The van der Waals surface area contributed by atoms with Gasteiger partial charge in [0.25, 0.3) is 0 Å². The Kier molecular flexibility index (Phi) is 3.92. The second-order valence-electron chi connectivity index (χ2n) is 2.91. The molecule has 0 aliphatic carbocycles. The molecule has 0 radical (unpaired) electrons. The summed E-state index contributed by atoms with van der Waals surface area (Å²) in [6.07, 6.45) is 0.399. The van der Waals surface area contributed by atoms with E-state index in [0.29, 0.717) is 19.0 Å². The summed E-state index contributed by atoms with van der Waals surface area (Å²) >= 11 is 1.71. The van der Waals surface area contributed by atoms with Crippen LogP contribution in [0.2, 0.25) is 0 Å². The van der Waals surface area contributed by atoms with Gasteiger partial charge in [0.15, 0.2) is 0 Å². The zero-order valence-electron chi connectivity index (χ0n) is 7.62. The van der Waals surface area contributed by atoms with Crippen molar-refractivity contribution in [3.63, 3.8) is 0 Å². The van der Waals surface area contributed by atoms with Crippen molar-refractivity contribution in [1.29, 1.82) is 0 Å². The topological polar surface area (TPSA) is 55.1 Å². The van der Waals surface area contributed by atoms with Gasteiger partial charge in [-0.1, -0.05) is 6.07 Å². The summed E-state index contributed by atoms with van der Waals surface area (Å²) in [6, 6.07) is 4.40. The molecule has 0 aliphatic rings. The van der Waals surface area contributed by atoms with Crippen LogP contribution in [-0.4, -0.2) is 12.5 Å². The molecule has 1 amide bonds. The van der Waals surface area contributed by atoms with Crippen LogP contribution in [0.3, 0.4) is 0 Å². The first-order valence-electron chi connectivity index (χ1n) is 4.25. The number of nitrogens with two attached hydrogens (primary N) is 1. The first-order valence-corrected chi connectivity index (χ1v) is 5.13. The highest BCUT2D eigenvalue weighted by molar-refractivity contribution is 7.10. The Balaban J connectivity index is 2.26. The Bertz CT molecular complexity index is 259. The predicted molar refractivity (Wildman–Crippen MR) is 54.5 cm³/mol. The van der Waals surface area contributed by atoms with Crippen LogP contribution in [0.4, 0.5) is 0 Å². The molecule has 0 spiro atoms. The normalized spacial score (nSPS) is 12.7. The summed E-state index contributed by atoms with van der Waals surface area (Å²) in [5.41, 5.74) is 5.02. The fourth-order valence-electron chi connectivity index (χ4n) is 1.05. The van der Waals surface area contributed by atoms with E-state index in [1.807, 2.05) is 11.4 Å². The van der Waals surface area contributed by atoms with Crippen LogP contribution in [0.25, 0.3) is 0 Å². The number of primary amides is 1. The SMILES string of the molecule is C[C@@H](NCCC(N)=O)c1cccs1. The van der Waals surface area contributed by atoms with Crippen molar-refractivity contribution in [2.75, 3.05) is 6.54 Å². The molecule has 0 saturated heterocycles. The number of amides is 1. The Morgan fingerprint density at radius 1 is 1.77 bits per heavy atom. The van der Waals surface area contributed by atoms with Crippen molar-refractivity contribution in [3.05, 3.63) is 22.4 Å². The lowest BCUT2D eigenvalue weighted by molar-refractivity contribution is -0.117. The Morgan fingerprint density at radius 2 is 2.54 bits per heavy atom. The van der Waals surface area contributed by atoms with Gasteiger partial charge in [-0.15, -0.1) is 11.3 Å². The number of hydrogen-bond donors (Lipinski definition) is 2. The second-order valence-corrected chi connectivity index (χ2v) is 3.89. The van der Waals surface area contributed by atoms with Crippen LogP contribution in [0.1, 0.15) is 24.3 Å². The summed E-state index contributed by atoms with van der Waals surface area (Å²) in [4.78, 5) is 11.7. The molecule has 1 heterocycles. The van der Waals surface area contributed by atoms with Crippen LogP contribution >= 0.6 is 11.3 Å². The molecule has 13 heavy (non-hydrogen) atoms. The highest BCUT2D eigenvalue weighted by Gasteiger charge is 2.04. The lowest BCUT2D eigenvalue weighted by atomic mass is 10.2. The predicted octanol–water partition coefficient (Wildman–Crippen LogP) is 1.27. The monoisotopic (exact) mass is 198 g/mol. The molecule has 0 saturated carbocycles. The Hall–Kier alpha value is -0.870. The van der Waals surface area contributed by atoms with E-state index < -0.39 is 0 Å². The van der Waals surface area contributed by atoms with Gasteiger partial charge in [-0.2, -0.15) is 0 Å². The summed E-state index contributed by atoms with van der Waals surface area (Å²) < 4.78 is 0. The maximum absolute atomic E-state index is 10.5. The summed E-state index contributed by atoms with van der Waals surface area (Å²) in [6.45, 7) is 2.72. The molecular formula is C9H14N2OS. The third-order valence-corrected chi connectivity index (χ3v) is 2.85. The van der Waals surface area contributed by atoms with E-state index in [0.717, 1.165) is 0 Å². The van der Waals surface area contributed by atoms with E-state index in [-0.39, 0.29) is 5.91 Å². The van der Waals surface area contributed by atoms with E-state index in [1.54, 1.807) is 11.3 Å². The van der Waals surface area contributed by atoms with Gasteiger partial charge in [0.2, 0.25) is 5.91 Å². The quantitative estimate of drug-likeness (QED) is 0.748. The molecule has 0 unspecified atom stereocenters. The molecule has 1 atom stereocenters. The molecule has 3 N–H and O–H groups in total. The van der Waals surface area contributed by atoms with Gasteiger partial charge in [-0.3, -0.25) is 4.79 Å². The largest absolute Gasteiger partial charge is 0.370 e. The molecule has 3 nitrogen and oxygen atoms in total. The molecule has 0 fully saturated rings. The molecule has 72 valence electrons. The maximum atomic E-state index is 10.5. The van der Waals surface area contributed by atoms with Crippen LogP contribution in [0, 0.1) is 0 Å². The smallest absolute Gasteiger partial charge is 0.218 e. The van der Waals surface area contributed by atoms with Gasteiger partial charge in [0.1, 0.15) is 0 Å². The number of hydrogen-bond acceptors (Lipinski definition) is 3. The molecule has 4 heteroatoms. The van der Waals surface area contributed by atoms with Gasteiger partial charge >= 0.3 is 0 Å².